The highest BCUT2D eigenvalue weighted by molar-refractivity contribution is 6.07. The van der Waals surface area contributed by atoms with E-state index >= 15 is 0 Å². The van der Waals surface area contributed by atoms with Gasteiger partial charge in [-0.05, 0) is 45.7 Å². The molecule has 0 radical (unpaired) electrons. The Morgan fingerprint density at radius 3 is 2.69 bits per heavy atom. The summed E-state index contributed by atoms with van der Waals surface area (Å²) in [5.74, 6) is 0.0302. The first-order valence-corrected chi connectivity index (χ1v) is 9.73. The molecule has 1 unspecified atom stereocenters. The molecule has 3 aromatic rings. The first kappa shape index (κ1) is 20.7. The fourth-order valence-corrected chi connectivity index (χ4v) is 3.69. The fourth-order valence-electron chi connectivity index (χ4n) is 3.69. The highest BCUT2D eigenvalue weighted by atomic mass is 16.3. The highest BCUT2D eigenvalue weighted by Crippen LogP contribution is 2.29. The van der Waals surface area contributed by atoms with Gasteiger partial charge in [-0.3, -0.25) is 9.59 Å². The number of H-pyrrole nitrogens is 1. The number of aliphatic hydroxyl groups excluding tert-OH is 1. The number of carbonyl (C=O) groups is 1. The zero-order valence-electron chi connectivity index (χ0n) is 17.5. The Morgan fingerprint density at radius 2 is 2.07 bits per heavy atom. The maximum atomic E-state index is 13.1. The van der Waals surface area contributed by atoms with Gasteiger partial charge in [-0.1, -0.05) is 6.92 Å². The second-order valence-electron chi connectivity index (χ2n) is 7.40. The number of rotatable bonds is 6. The largest absolute Gasteiger partial charge is 0.388 e. The summed E-state index contributed by atoms with van der Waals surface area (Å²) in [6.07, 6.45) is 2.45. The van der Waals surface area contributed by atoms with Gasteiger partial charge in [0, 0.05) is 35.7 Å². The van der Waals surface area contributed by atoms with Crippen LogP contribution < -0.4 is 10.9 Å². The number of aliphatic hydroxyl groups is 1. The third-order valence-electron chi connectivity index (χ3n) is 5.36. The van der Waals surface area contributed by atoms with Crippen molar-refractivity contribution in [3.05, 3.63) is 56.5 Å². The quantitative estimate of drug-likeness (QED) is 0.591. The van der Waals surface area contributed by atoms with E-state index in [0.717, 1.165) is 23.4 Å². The van der Waals surface area contributed by atoms with E-state index < -0.39 is 0 Å². The van der Waals surface area contributed by atoms with Gasteiger partial charge in [0.1, 0.15) is 12.3 Å². The molecule has 1 atom stereocenters. The van der Waals surface area contributed by atoms with Crippen LogP contribution in [0.3, 0.4) is 0 Å². The van der Waals surface area contributed by atoms with E-state index in [4.69, 9.17) is 0 Å². The van der Waals surface area contributed by atoms with Gasteiger partial charge in [0.05, 0.1) is 10.9 Å². The molecule has 0 aromatic carbocycles. The number of aromatic amines is 1. The second kappa shape index (κ2) is 8.16. The molecule has 0 spiro atoms. The number of carbonyl (C=O) groups excluding carboxylic acids is 1. The molecule has 154 valence electrons. The predicted octanol–water partition coefficient (Wildman–Crippen LogP) is 2.44. The van der Waals surface area contributed by atoms with Gasteiger partial charge in [0.25, 0.3) is 11.5 Å². The Kier molecular flexibility index (Phi) is 5.83. The summed E-state index contributed by atoms with van der Waals surface area (Å²) in [6.45, 7) is 9.55. The van der Waals surface area contributed by atoms with Gasteiger partial charge in [-0.2, -0.15) is 0 Å². The minimum atomic E-state index is -0.283. The molecule has 29 heavy (non-hydrogen) atoms. The van der Waals surface area contributed by atoms with Gasteiger partial charge < -0.3 is 20.0 Å². The molecule has 3 heterocycles. The summed E-state index contributed by atoms with van der Waals surface area (Å²) in [7, 11) is 0. The van der Waals surface area contributed by atoms with Crippen molar-refractivity contribution in [3.8, 4) is 0 Å². The van der Waals surface area contributed by atoms with E-state index in [0.29, 0.717) is 28.0 Å². The molecule has 0 saturated carbocycles. The molecule has 3 rings (SSSR count). The summed E-state index contributed by atoms with van der Waals surface area (Å²) >= 11 is 0. The molecule has 0 aliphatic rings. The van der Waals surface area contributed by atoms with E-state index in [2.05, 4.69) is 34.1 Å². The Labute approximate surface area is 169 Å². The van der Waals surface area contributed by atoms with Crippen LogP contribution in [0.5, 0.6) is 0 Å². The number of hydrogen-bond donors (Lipinski definition) is 3. The van der Waals surface area contributed by atoms with E-state index in [9.17, 15) is 14.7 Å². The first-order chi connectivity index (χ1) is 13.8. The normalized spacial score (nSPS) is 12.3. The van der Waals surface area contributed by atoms with Gasteiger partial charge in [-0.15, -0.1) is 0 Å². The topological polar surface area (TPSA) is 113 Å². The molecule has 0 aliphatic heterocycles. The maximum absolute atomic E-state index is 13.1. The number of nitrogens with zero attached hydrogens (tertiary/aromatic N) is 3. The Balaban J connectivity index is 2.02. The lowest BCUT2D eigenvalue weighted by Crippen LogP contribution is -2.28. The standard InChI is InChI=1S/C21H27N5O3/c1-6-13(4)26-14(5)18(16-9-22-17(10-27)25-19(16)26)21(29)23-8-15-11(2)7-12(3)24-20(15)28/h7,9,13,27H,6,8,10H2,1-5H3,(H,23,29)(H,24,28). The molecule has 3 aromatic heterocycles. The number of hydrogen-bond acceptors (Lipinski definition) is 5. The molecule has 1 amide bonds. The Hall–Kier alpha value is -3.00. The number of pyridine rings is 1. The average Bonchev–Trinajstić information content (AvgIpc) is 2.97. The third-order valence-corrected chi connectivity index (χ3v) is 5.36. The third kappa shape index (κ3) is 3.80. The van der Waals surface area contributed by atoms with E-state index in [1.54, 1.807) is 6.20 Å². The summed E-state index contributed by atoms with van der Waals surface area (Å²) in [6, 6.07) is 2.01. The minimum absolute atomic E-state index is 0.127. The van der Waals surface area contributed by atoms with Gasteiger partial charge in [0.2, 0.25) is 0 Å². The zero-order valence-corrected chi connectivity index (χ0v) is 17.5. The minimum Gasteiger partial charge on any atom is -0.388 e. The molecule has 3 N–H and O–H groups in total. The lowest BCUT2D eigenvalue weighted by Gasteiger charge is -2.15. The van der Waals surface area contributed by atoms with Crippen molar-refractivity contribution in [2.24, 2.45) is 0 Å². The van der Waals surface area contributed by atoms with Crippen molar-refractivity contribution < 1.29 is 9.90 Å². The monoisotopic (exact) mass is 397 g/mol. The van der Waals surface area contributed by atoms with Crippen molar-refractivity contribution in [2.75, 3.05) is 0 Å². The molecule has 0 fully saturated rings. The molecule has 0 aliphatic carbocycles. The first-order valence-electron chi connectivity index (χ1n) is 9.73. The Morgan fingerprint density at radius 1 is 1.34 bits per heavy atom. The van der Waals surface area contributed by atoms with Crippen LogP contribution >= 0.6 is 0 Å². The molecule has 0 bridgehead atoms. The summed E-state index contributed by atoms with van der Waals surface area (Å²) in [5.41, 5.74) is 3.86. The summed E-state index contributed by atoms with van der Waals surface area (Å²) < 4.78 is 2.01. The molecule has 0 saturated heterocycles. The van der Waals surface area contributed by atoms with Crippen LogP contribution in [0.25, 0.3) is 11.0 Å². The number of nitrogens with one attached hydrogen (secondary N) is 2. The van der Waals surface area contributed by atoms with Gasteiger partial charge >= 0.3 is 0 Å². The van der Waals surface area contributed by atoms with Crippen molar-refractivity contribution in [2.45, 2.75) is 60.2 Å². The van der Waals surface area contributed by atoms with Crippen LogP contribution in [-0.2, 0) is 13.2 Å². The van der Waals surface area contributed by atoms with Crippen LogP contribution in [0.15, 0.2) is 17.1 Å². The summed E-state index contributed by atoms with van der Waals surface area (Å²) in [4.78, 5) is 36.7. The van der Waals surface area contributed by atoms with Crippen molar-refractivity contribution >= 4 is 16.9 Å². The lowest BCUT2D eigenvalue weighted by atomic mass is 10.1. The molecule has 8 nitrogen and oxygen atoms in total. The molecule has 8 heteroatoms. The van der Waals surface area contributed by atoms with Crippen LogP contribution in [0.4, 0.5) is 0 Å². The van der Waals surface area contributed by atoms with Crippen LogP contribution in [-0.4, -0.2) is 30.5 Å². The smallest absolute Gasteiger partial charge is 0.254 e. The van der Waals surface area contributed by atoms with Crippen LogP contribution in [0, 0.1) is 20.8 Å². The Bertz CT molecular complexity index is 1130. The fraction of sp³-hybridized carbons (Fsp3) is 0.429. The van der Waals surface area contributed by atoms with Crippen molar-refractivity contribution in [1.82, 2.24) is 24.8 Å². The number of aromatic nitrogens is 4. The highest BCUT2D eigenvalue weighted by Gasteiger charge is 2.24. The predicted molar refractivity (Wildman–Crippen MR) is 111 cm³/mol. The summed E-state index contributed by atoms with van der Waals surface area (Å²) in [5, 5.41) is 12.9. The van der Waals surface area contributed by atoms with E-state index in [-0.39, 0.29) is 30.7 Å². The van der Waals surface area contributed by atoms with Crippen LogP contribution in [0.2, 0.25) is 0 Å². The molecular formula is C21H27N5O3. The van der Waals surface area contributed by atoms with E-state index in [1.807, 2.05) is 31.4 Å². The van der Waals surface area contributed by atoms with Crippen LogP contribution in [0.1, 0.15) is 65.0 Å². The van der Waals surface area contributed by atoms with E-state index in [1.165, 1.54) is 0 Å². The maximum Gasteiger partial charge on any atom is 0.254 e. The number of amides is 1. The molecular weight excluding hydrogens is 370 g/mol. The zero-order chi connectivity index (χ0) is 21.3. The average molecular weight is 397 g/mol. The second-order valence-corrected chi connectivity index (χ2v) is 7.40. The SMILES string of the molecule is CCC(C)n1c(C)c(C(=O)NCc2c(C)cc(C)[nH]c2=O)c2cnc(CO)nc21. The lowest BCUT2D eigenvalue weighted by molar-refractivity contribution is 0.0951. The number of fused-ring (bicyclic) bond motifs is 1. The van der Waals surface area contributed by atoms with Gasteiger partial charge in [-0.25, -0.2) is 9.97 Å². The van der Waals surface area contributed by atoms with Crippen molar-refractivity contribution in [1.29, 1.82) is 0 Å². The van der Waals surface area contributed by atoms with Crippen molar-refractivity contribution in [3.63, 3.8) is 0 Å². The van der Waals surface area contributed by atoms with Gasteiger partial charge in [0.15, 0.2) is 5.82 Å². The number of aryl methyl sites for hydroxylation is 2.